The molecule has 1 aliphatic heterocycles. The molecule has 23 heavy (non-hydrogen) atoms. The van der Waals surface area contributed by atoms with Gasteiger partial charge in [0.2, 0.25) is 0 Å². The molecule has 0 saturated carbocycles. The Bertz CT molecular complexity index is 679. The van der Waals surface area contributed by atoms with E-state index in [2.05, 4.69) is 0 Å². The molecular weight excluding hydrogens is 297 g/mol. The van der Waals surface area contributed by atoms with Gasteiger partial charge in [0.15, 0.2) is 0 Å². The molecule has 0 saturated heterocycles. The summed E-state index contributed by atoms with van der Waals surface area (Å²) in [6, 6.07) is 13.1. The summed E-state index contributed by atoms with van der Waals surface area (Å²) in [6.07, 6.45) is -1.11. The molecule has 0 fully saturated rings. The minimum atomic E-state index is -1.03. The second kappa shape index (κ2) is 6.56. The molecule has 0 aromatic heterocycles. The van der Waals surface area contributed by atoms with Crippen LogP contribution in [0, 0.1) is 5.82 Å². The number of para-hydroxylation sites is 2. The summed E-state index contributed by atoms with van der Waals surface area (Å²) in [7, 11) is 0. The first-order valence-electron chi connectivity index (χ1n) is 7.67. The number of hydrogen-bond donors (Lipinski definition) is 2. The first-order chi connectivity index (χ1) is 11.1. The van der Waals surface area contributed by atoms with Crippen LogP contribution in [-0.2, 0) is 0 Å². The minimum Gasteiger partial charge on any atom is -0.487 e. The van der Waals surface area contributed by atoms with Gasteiger partial charge in [-0.2, -0.15) is 0 Å². The van der Waals surface area contributed by atoms with Gasteiger partial charge in [-0.05, 0) is 36.8 Å². The lowest BCUT2D eigenvalue weighted by Gasteiger charge is -2.42. The molecule has 0 bridgehead atoms. The first kappa shape index (κ1) is 15.8. The highest BCUT2D eigenvalue weighted by molar-refractivity contribution is 5.61. The molecule has 0 aliphatic carbocycles. The Kier molecular flexibility index (Phi) is 4.50. The Morgan fingerprint density at radius 3 is 2.78 bits per heavy atom. The van der Waals surface area contributed by atoms with Crippen LogP contribution in [0.3, 0.4) is 0 Å². The summed E-state index contributed by atoms with van der Waals surface area (Å²) >= 11 is 0. The van der Waals surface area contributed by atoms with Gasteiger partial charge in [-0.25, -0.2) is 4.39 Å². The third-order valence-electron chi connectivity index (χ3n) is 4.03. The van der Waals surface area contributed by atoms with Gasteiger partial charge in [-0.15, -0.1) is 0 Å². The van der Waals surface area contributed by atoms with Gasteiger partial charge in [0.25, 0.3) is 0 Å². The number of benzene rings is 2. The van der Waals surface area contributed by atoms with Crippen LogP contribution in [-0.4, -0.2) is 35.6 Å². The van der Waals surface area contributed by atoms with Crippen LogP contribution in [0.15, 0.2) is 48.5 Å². The highest BCUT2D eigenvalue weighted by Gasteiger charge is 2.33. The lowest BCUT2D eigenvalue weighted by atomic mass is 9.97. The fraction of sp³-hybridized carbons (Fsp3) is 0.333. The maximum absolute atomic E-state index is 13.6. The summed E-state index contributed by atoms with van der Waals surface area (Å²) < 4.78 is 19.5. The monoisotopic (exact) mass is 317 g/mol. The Labute approximate surface area is 134 Å². The van der Waals surface area contributed by atoms with E-state index >= 15 is 0 Å². The quantitative estimate of drug-likeness (QED) is 0.910. The fourth-order valence-corrected chi connectivity index (χ4v) is 3.09. The molecule has 4 nitrogen and oxygen atoms in total. The Balaban J connectivity index is 2.07. The highest BCUT2D eigenvalue weighted by atomic mass is 19.1. The van der Waals surface area contributed by atoms with Gasteiger partial charge >= 0.3 is 0 Å². The molecule has 0 radical (unpaired) electrons. The molecular formula is C18H20FNO3. The van der Waals surface area contributed by atoms with E-state index in [4.69, 9.17) is 4.74 Å². The summed E-state index contributed by atoms with van der Waals surface area (Å²) in [6.45, 7) is 2.07. The van der Waals surface area contributed by atoms with Gasteiger partial charge < -0.3 is 19.8 Å². The molecule has 3 rings (SSSR count). The van der Waals surface area contributed by atoms with E-state index in [-0.39, 0.29) is 11.9 Å². The average molecular weight is 317 g/mol. The van der Waals surface area contributed by atoms with E-state index in [1.54, 1.807) is 12.1 Å². The van der Waals surface area contributed by atoms with E-state index in [0.29, 0.717) is 12.1 Å². The van der Waals surface area contributed by atoms with Crippen molar-refractivity contribution in [2.24, 2.45) is 0 Å². The maximum Gasteiger partial charge on any atom is 0.143 e. The lowest BCUT2D eigenvalue weighted by Crippen LogP contribution is -2.45. The SMILES string of the molecule is CC1CN([C@@H](c2cccc(F)c2)[C@H](O)CO)c2ccccc2O1. The molecule has 2 aromatic rings. The van der Waals surface area contributed by atoms with Crippen molar-refractivity contribution in [2.45, 2.75) is 25.2 Å². The second-order valence-corrected chi connectivity index (χ2v) is 5.80. The third-order valence-corrected chi connectivity index (χ3v) is 4.03. The van der Waals surface area contributed by atoms with E-state index in [1.807, 2.05) is 36.1 Å². The molecule has 5 heteroatoms. The van der Waals surface area contributed by atoms with Crippen molar-refractivity contribution < 1.29 is 19.3 Å². The Morgan fingerprint density at radius 2 is 2.04 bits per heavy atom. The number of ether oxygens (including phenoxy) is 1. The Morgan fingerprint density at radius 1 is 1.26 bits per heavy atom. The lowest BCUT2D eigenvalue weighted by molar-refractivity contribution is 0.0664. The van der Waals surface area contributed by atoms with Crippen molar-refractivity contribution in [1.82, 2.24) is 0 Å². The van der Waals surface area contributed by atoms with E-state index < -0.39 is 18.8 Å². The van der Waals surface area contributed by atoms with Gasteiger partial charge in [-0.1, -0.05) is 24.3 Å². The zero-order chi connectivity index (χ0) is 16.4. The molecule has 0 amide bonds. The molecule has 1 unspecified atom stereocenters. The standard InChI is InChI=1S/C18H20FNO3/c1-12-10-20(15-7-2-3-8-17(15)23-12)18(16(22)11-21)13-5-4-6-14(19)9-13/h2-9,12,16,18,21-22H,10-11H2,1H3/t12?,16-,18+/m1/s1. The molecule has 2 aromatic carbocycles. The van der Waals surface area contributed by atoms with E-state index in [9.17, 15) is 14.6 Å². The van der Waals surface area contributed by atoms with Gasteiger partial charge in [-0.3, -0.25) is 0 Å². The van der Waals surface area contributed by atoms with Crippen LogP contribution in [0.5, 0.6) is 5.75 Å². The molecule has 1 heterocycles. The van der Waals surface area contributed by atoms with Crippen LogP contribution in [0.4, 0.5) is 10.1 Å². The van der Waals surface area contributed by atoms with Crippen LogP contribution >= 0.6 is 0 Å². The number of rotatable bonds is 4. The average Bonchev–Trinajstić information content (AvgIpc) is 2.54. The Hall–Kier alpha value is -2.11. The number of aliphatic hydroxyl groups is 2. The van der Waals surface area contributed by atoms with Crippen molar-refractivity contribution in [1.29, 1.82) is 0 Å². The minimum absolute atomic E-state index is 0.0770. The first-order valence-corrected chi connectivity index (χ1v) is 7.67. The van der Waals surface area contributed by atoms with E-state index in [1.165, 1.54) is 12.1 Å². The summed E-state index contributed by atoms with van der Waals surface area (Å²) in [5.41, 5.74) is 1.45. The topological polar surface area (TPSA) is 52.9 Å². The normalized spacial score (nSPS) is 19.7. The predicted molar refractivity (Wildman–Crippen MR) is 86.1 cm³/mol. The van der Waals surface area contributed by atoms with Crippen molar-refractivity contribution in [3.8, 4) is 5.75 Å². The smallest absolute Gasteiger partial charge is 0.143 e. The summed E-state index contributed by atoms with van der Waals surface area (Å²) in [5.74, 6) is 0.352. The van der Waals surface area contributed by atoms with Crippen molar-refractivity contribution >= 4 is 5.69 Å². The molecule has 2 N–H and O–H groups in total. The van der Waals surface area contributed by atoms with Gasteiger partial charge in [0.1, 0.15) is 23.8 Å². The van der Waals surface area contributed by atoms with Crippen molar-refractivity contribution in [2.75, 3.05) is 18.1 Å². The predicted octanol–water partition coefficient (Wildman–Crippen LogP) is 2.51. The third kappa shape index (κ3) is 3.16. The molecule has 1 aliphatic rings. The largest absolute Gasteiger partial charge is 0.487 e. The maximum atomic E-state index is 13.6. The van der Waals surface area contributed by atoms with Gasteiger partial charge in [0, 0.05) is 0 Å². The van der Waals surface area contributed by atoms with E-state index in [0.717, 1.165) is 11.4 Å². The van der Waals surface area contributed by atoms with Crippen molar-refractivity contribution in [3.63, 3.8) is 0 Å². The number of hydrogen-bond acceptors (Lipinski definition) is 4. The molecule has 122 valence electrons. The number of fused-ring (bicyclic) bond motifs is 1. The number of nitrogens with zero attached hydrogens (tertiary/aromatic N) is 1. The second-order valence-electron chi connectivity index (χ2n) is 5.80. The van der Waals surface area contributed by atoms with Crippen LogP contribution in [0.25, 0.3) is 0 Å². The number of aliphatic hydroxyl groups excluding tert-OH is 2. The summed E-state index contributed by atoms with van der Waals surface area (Å²) in [4.78, 5) is 1.97. The number of anilines is 1. The van der Waals surface area contributed by atoms with Crippen LogP contribution < -0.4 is 9.64 Å². The molecule has 3 atom stereocenters. The summed E-state index contributed by atoms with van der Waals surface area (Å²) in [5, 5.41) is 19.8. The van der Waals surface area contributed by atoms with Crippen molar-refractivity contribution in [3.05, 3.63) is 59.9 Å². The van der Waals surface area contributed by atoms with Crippen LogP contribution in [0.1, 0.15) is 18.5 Å². The fourth-order valence-electron chi connectivity index (χ4n) is 3.09. The zero-order valence-corrected chi connectivity index (χ0v) is 12.9. The molecule has 0 spiro atoms. The number of halogens is 1. The van der Waals surface area contributed by atoms with Gasteiger partial charge in [0.05, 0.1) is 24.9 Å². The zero-order valence-electron chi connectivity index (χ0n) is 12.9. The highest BCUT2D eigenvalue weighted by Crippen LogP contribution is 2.39. The van der Waals surface area contributed by atoms with Crippen LogP contribution in [0.2, 0.25) is 0 Å².